The van der Waals surface area contributed by atoms with Crippen LogP contribution in [-0.2, 0) is 11.3 Å². The Morgan fingerprint density at radius 1 is 1.30 bits per heavy atom. The molecule has 2 bridgehead atoms. The van der Waals surface area contributed by atoms with Gasteiger partial charge in [-0.1, -0.05) is 0 Å². The number of hydrogen-bond acceptors (Lipinski definition) is 5. The van der Waals surface area contributed by atoms with Gasteiger partial charge in [0.05, 0.1) is 19.3 Å². The van der Waals surface area contributed by atoms with E-state index in [-0.39, 0.29) is 23.9 Å². The van der Waals surface area contributed by atoms with Crippen molar-refractivity contribution in [3.8, 4) is 5.75 Å². The number of ether oxygens (including phenoxy) is 1. The highest BCUT2D eigenvalue weighted by molar-refractivity contribution is 5.99. The topological polar surface area (TPSA) is 101 Å². The van der Waals surface area contributed by atoms with E-state index in [1.807, 2.05) is 0 Å². The van der Waals surface area contributed by atoms with Gasteiger partial charge in [-0.25, -0.2) is 8.78 Å². The lowest BCUT2D eigenvalue weighted by Gasteiger charge is -2.33. The molecule has 158 valence electrons. The molecule has 2 aliphatic rings. The standard InChI is InChI=1S/C20H19F2N3O5/c1-10-4-14(21)12(15(22)5-10)6-23-19(28)13-8-25-11-7-24(2-3-30-9-11)20(29)16(25)18(27)17(13)26/h4-5,8,11,27H,2-3,6-7,9H2,1H3,(H,23,28)/t11-/m0/s1. The zero-order valence-corrected chi connectivity index (χ0v) is 16.1. The lowest BCUT2D eigenvalue weighted by Crippen LogP contribution is -2.45. The highest BCUT2D eigenvalue weighted by atomic mass is 19.1. The summed E-state index contributed by atoms with van der Waals surface area (Å²) in [4.78, 5) is 39.2. The summed E-state index contributed by atoms with van der Waals surface area (Å²) in [5.74, 6) is -3.92. The number of pyridine rings is 1. The van der Waals surface area contributed by atoms with Crippen molar-refractivity contribution in [2.24, 2.45) is 0 Å². The number of halogens is 2. The number of nitrogens with one attached hydrogen (secondary N) is 1. The van der Waals surface area contributed by atoms with Crippen molar-refractivity contribution in [1.29, 1.82) is 0 Å². The lowest BCUT2D eigenvalue weighted by atomic mass is 10.1. The van der Waals surface area contributed by atoms with Crippen LogP contribution in [0.2, 0.25) is 0 Å². The zero-order valence-electron chi connectivity index (χ0n) is 16.1. The van der Waals surface area contributed by atoms with Crippen LogP contribution in [0.5, 0.6) is 5.75 Å². The van der Waals surface area contributed by atoms with E-state index in [1.54, 1.807) is 0 Å². The fraction of sp³-hybridized carbons (Fsp3) is 0.350. The highest BCUT2D eigenvalue weighted by Crippen LogP contribution is 2.28. The van der Waals surface area contributed by atoms with Crippen LogP contribution in [0.1, 0.15) is 38.0 Å². The van der Waals surface area contributed by atoms with Crippen LogP contribution in [0.3, 0.4) is 0 Å². The van der Waals surface area contributed by atoms with E-state index in [2.05, 4.69) is 5.32 Å². The van der Waals surface area contributed by atoms with Crippen LogP contribution in [0.4, 0.5) is 8.78 Å². The number of rotatable bonds is 3. The summed E-state index contributed by atoms with van der Waals surface area (Å²) in [6.45, 7) is 2.25. The minimum absolute atomic E-state index is 0.200. The summed E-state index contributed by atoms with van der Waals surface area (Å²) in [7, 11) is 0. The smallest absolute Gasteiger partial charge is 0.274 e. The minimum atomic E-state index is -1.03. The molecule has 10 heteroatoms. The Labute approximate surface area is 169 Å². The molecule has 2 amide bonds. The molecular formula is C20H19F2N3O5. The highest BCUT2D eigenvalue weighted by Gasteiger charge is 2.36. The molecular weight excluding hydrogens is 400 g/mol. The van der Waals surface area contributed by atoms with Crippen LogP contribution >= 0.6 is 0 Å². The molecule has 0 radical (unpaired) electrons. The molecule has 0 aliphatic carbocycles. The fourth-order valence-corrected chi connectivity index (χ4v) is 3.74. The van der Waals surface area contributed by atoms with Gasteiger partial charge in [0.15, 0.2) is 11.4 Å². The molecule has 0 unspecified atom stereocenters. The van der Waals surface area contributed by atoms with E-state index in [4.69, 9.17) is 4.74 Å². The Bertz CT molecular complexity index is 1090. The van der Waals surface area contributed by atoms with Crippen molar-refractivity contribution in [2.75, 3.05) is 26.3 Å². The second-order valence-corrected chi connectivity index (χ2v) is 7.35. The molecule has 1 aromatic carbocycles. The average Bonchev–Trinajstić information content (AvgIpc) is 2.91. The predicted octanol–water partition coefficient (Wildman–Crippen LogP) is 1.10. The van der Waals surface area contributed by atoms with Crippen molar-refractivity contribution >= 4 is 11.8 Å². The zero-order chi connectivity index (χ0) is 21.6. The molecule has 2 N–H and O–H groups in total. The van der Waals surface area contributed by atoms with Gasteiger partial charge in [-0.2, -0.15) is 0 Å². The average molecular weight is 419 g/mol. The molecule has 8 nitrogen and oxygen atoms in total. The molecule has 2 aliphatic heterocycles. The molecule has 1 atom stereocenters. The first-order valence-electron chi connectivity index (χ1n) is 9.35. The van der Waals surface area contributed by atoms with E-state index in [0.717, 1.165) is 12.1 Å². The second kappa shape index (κ2) is 7.52. The summed E-state index contributed by atoms with van der Waals surface area (Å²) in [6, 6.07) is 1.88. The maximum atomic E-state index is 14.0. The van der Waals surface area contributed by atoms with Crippen molar-refractivity contribution in [2.45, 2.75) is 19.5 Å². The summed E-state index contributed by atoms with van der Waals surface area (Å²) in [5, 5.41) is 12.7. The number of aromatic hydroxyl groups is 1. The maximum Gasteiger partial charge on any atom is 0.274 e. The molecule has 1 fully saturated rings. The molecule has 0 spiro atoms. The SMILES string of the molecule is Cc1cc(F)c(CNC(=O)c2cn3c(c(O)c2=O)C(=O)N2CCOC[C@@H]3C2)c(F)c1. The van der Waals surface area contributed by atoms with Crippen molar-refractivity contribution in [3.05, 3.63) is 62.6 Å². The maximum absolute atomic E-state index is 14.0. The third-order valence-electron chi connectivity index (χ3n) is 5.30. The fourth-order valence-electron chi connectivity index (χ4n) is 3.74. The first-order chi connectivity index (χ1) is 14.3. The molecule has 2 aromatic rings. The van der Waals surface area contributed by atoms with E-state index >= 15 is 0 Å². The number of aromatic nitrogens is 1. The summed E-state index contributed by atoms with van der Waals surface area (Å²) in [6.07, 6.45) is 1.18. The molecule has 3 heterocycles. The van der Waals surface area contributed by atoms with Gasteiger partial charge in [-0.3, -0.25) is 14.4 Å². The summed E-state index contributed by atoms with van der Waals surface area (Å²) in [5.41, 5.74) is -1.62. The van der Waals surface area contributed by atoms with E-state index in [1.165, 1.54) is 22.6 Å². The Morgan fingerprint density at radius 2 is 2.00 bits per heavy atom. The van der Waals surface area contributed by atoms with Crippen LogP contribution in [0, 0.1) is 18.6 Å². The van der Waals surface area contributed by atoms with Crippen molar-refractivity contribution < 1.29 is 28.2 Å². The van der Waals surface area contributed by atoms with Gasteiger partial charge in [-0.15, -0.1) is 0 Å². The van der Waals surface area contributed by atoms with Gasteiger partial charge in [0.1, 0.15) is 17.2 Å². The van der Waals surface area contributed by atoms with Gasteiger partial charge in [-0.05, 0) is 24.6 Å². The van der Waals surface area contributed by atoms with E-state index in [9.17, 15) is 28.3 Å². The van der Waals surface area contributed by atoms with Crippen LogP contribution in [-0.4, -0.2) is 52.7 Å². The molecule has 1 aromatic heterocycles. The third kappa shape index (κ3) is 3.32. The predicted molar refractivity (Wildman–Crippen MR) is 100 cm³/mol. The first kappa shape index (κ1) is 20.0. The number of carbonyl (C=O) groups is 2. The Balaban J connectivity index is 1.67. The molecule has 0 saturated carbocycles. The Hall–Kier alpha value is -3.27. The molecule has 4 rings (SSSR count). The molecule has 1 saturated heterocycles. The van der Waals surface area contributed by atoms with E-state index < -0.39 is 46.7 Å². The van der Waals surface area contributed by atoms with Crippen LogP contribution < -0.4 is 10.7 Å². The number of amides is 2. The van der Waals surface area contributed by atoms with Crippen LogP contribution in [0.25, 0.3) is 0 Å². The minimum Gasteiger partial charge on any atom is -0.503 e. The number of nitrogens with zero attached hydrogens (tertiary/aromatic N) is 2. The number of benzene rings is 1. The number of hydrogen-bond donors (Lipinski definition) is 2. The third-order valence-corrected chi connectivity index (χ3v) is 5.30. The van der Waals surface area contributed by atoms with Gasteiger partial charge in [0, 0.05) is 31.4 Å². The number of fused-ring (bicyclic) bond motifs is 4. The lowest BCUT2D eigenvalue weighted by molar-refractivity contribution is 0.0685. The quantitative estimate of drug-likeness (QED) is 0.776. The summed E-state index contributed by atoms with van der Waals surface area (Å²) >= 11 is 0. The van der Waals surface area contributed by atoms with Gasteiger partial charge in [0.2, 0.25) is 5.43 Å². The number of carbonyl (C=O) groups excluding carboxylic acids is 2. The second-order valence-electron chi connectivity index (χ2n) is 7.35. The normalized spacial score (nSPS) is 18.0. The van der Waals surface area contributed by atoms with Crippen LogP contribution in [0.15, 0.2) is 23.1 Å². The van der Waals surface area contributed by atoms with Gasteiger partial charge >= 0.3 is 0 Å². The van der Waals surface area contributed by atoms with Gasteiger partial charge in [0.25, 0.3) is 11.8 Å². The summed E-state index contributed by atoms with van der Waals surface area (Å²) < 4.78 is 34.8. The largest absolute Gasteiger partial charge is 0.503 e. The Morgan fingerprint density at radius 3 is 2.70 bits per heavy atom. The van der Waals surface area contributed by atoms with E-state index in [0.29, 0.717) is 25.3 Å². The monoisotopic (exact) mass is 419 g/mol. The molecule has 30 heavy (non-hydrogen) atoms. The number of aryl methyl sites for hydroxylation is 1. The first-order valence-corrected chi connectivity index (χ1v) is 9.35. The Kier molecular flexibility index (Phi) is 5.02. The van der Waals surface area contributed by atoms with Gasteiger partial charge < -0.3 is 24.6 Å². The van der Waals surface area contributed by atoms with Crippen molar-refractivity contribution in [1.82, 2.24) is 14.8 Å². The van der Waals surface area contributed by atoms with Crippen molar-refractivity contribution in [3.63, 3.8) is 0 Å².